The highest BCUT2D eigenvalue weighted by molar-refractivity contribution is 4.82. The second-order valence-electron chi connectivity index (χ2n) is 6.35. The van der Waals surface area contributed by atoms with Gasteiger partial charge in [0.25, 0.3) is 0 Å². The van der Waals surface area contributed by atoms with Crippen molar-refractivity contribution in [1.29, 1.82) is 0 Å². The summed E-state index contributed by atoms with van der Waals surface area (Å²) in [4.78, 5) is 2.68. The fourth-order valence-electron chi connectivity index (χ4n) is 3.64. The summed E-state index contributed by atoms with van der Waals surface area (Å²) >= 11 is 0. The van der Waals surface area contributed by atoms with E-state index in [0.717, 1.165) is 18.4 Å². The van der Waals surface area contributed by atoms with E-state index in [1.807, 2.05) is 7.11 Å². The van der Waals surface area contributed by atoms with Gasteiger partial charge in [-0.3, -0.25) is 0 Å². The highest BCUT2D eigenvalue weighted by atomic mass is 16.5. The van der Waals surface area contributed by atoms with E-state index in [9.17, 15) is 0 Å². The van der Waals surface area contributed by atoms with Gasteiger partial charge in [0, 0.05) is 26.2 Å². The van der Waals surface area contributed by atoms with Crippen LogP contribution in [0.3, 0.4) is 0 Å². The minimum absolute atomic E-state index is 0.490. The van der Waals surface area contributed by atoms with Gasteiger partial charge in [-0.1, -0.05) is 0 Å². The molecule has 1 heterocycles. The highest BCUT2D eigenvalue weighted by Crippen LogP contribution is 2.30. The van der Waals surface area contributed by atoms with Crippen LogP contribution in [-0.4, -0.2) is 43.8 Å². The Kier molecular flexibility index (Phi) is 5.46. The molecule has 3 nitrogen and oxygen atoms in total. The maximum Gasteiger partial charge on any atom is 0.0598 e. The molecule has 0 radical (unpaired) electrons. The summed E-state index contributed by atoms with van der Waals surface area (Å²) in [6.45, 7) is 5.77. The van der Waals surface area contributed by atoms with E-state index in [-0.39, 0.29) is 0 Å². The van der Waals surface area contributed by atoms with Crippen molar-refractivity contribution in [2.75, 3.05) is 26.7 Å². The van der Waals surface area contributed by atoms with E-state index in [1.165, 1.54) is 51.6 Å². The van der Waals surface area contributed by atoms with Crippen molar-refractivity contribution < 1.29 is 4.74 Å². The molecule has 1 aliphatic carbocycles. The van der Waals surface area contributed by atoms with Gasteiger partial charge >= 0.3 is 0 Å². The van der Waals surface area contributed by atoms with Gasteiger partial charge in [-0.15, -0.1) is 0 Å². The normalized spacial score (nSPS) is 38.8. The molecule has 2 fully saturated rings. The third-order valence-corrected chi connectivity index (χ3v) is 5.09. The Morgan fingerprint density at radius 3 is 2.33 bits per heavy atom. The van der Waals surface area contributed by atoms with E-state index in [1.54, 1.807) is 0 Å². The summed E-state index contributed by atoms with van der Waals surface area (Å²) in [5.74, 6) is 1.72. The fourth-order valence-corrected chi connectivity index (χ4v) is 3.64. The Morgan fingerprint density at radius 2 is 1.78 bits per heavy atom. The van der Waals surface area contributed by atoms with Crippen molar-refractivity contribution in [1.82, 2.24) is 4.90 Å². The standard InChI is InChI=1S/C15H30N2O/c1-12-9-15(18-2)7-8-17(12)11-14-5-3-13(10-16)4-6-14/h12-15H,3-11,16H2,1-2H3. The fraction of sp³-hybridized carbons (Fsp3) is 1.00. The van der Waals surface area contributed by atoms with Crippen LogP contribution in [0.25, 0.3) is 0 Å². The van der Waals surface area contributed by atoms with Crippen LogP contribution in [0.5, 0.6) is 0 Å². The molecular formula is C15H30N2O. The van der Waals surface area contributed by atoms with Crippen LogP contribution in [0.4, 0.5) is 0 Å². The predicted octanol–water partition coefficient (Wildman–Crippen LogP) is 2.25. The predicted molar refractivity (Wildman–Crippen MR) is 75.6 cm³/mol. The molecule has 0 amide bonds. The van der Waals surface area contributed by atoms with Crippen molar-refractivity contribution >= 4 is 0 Å². The van der Waals surface area contributed by atoms with Crippen molar-refractivity contribution in [3.63, 3.8) is 0 Å². The number of nitrogens with zero attached hydrogens (tertiary/aromatic N) is 1. The molecule has 0 spiro atoms. The second-order valence-corrected chi connectivity index (χ2v) is 6.35. The molecule has 2 atom stereocenters. The van der Waals surface area contributed by atoms with E-state index in [4.69, 9.17) is 10.5 Å². The molecule has 0 aromatic heterocycles. The molecule has 0 aromatic rings. The topological polar surface area (TPSA) is 38.5 Å². The summed E-state index contributed by atoms with van der Waals surface area (Å²) in [6.07, 6.45) is 8.38. The molecule has 1 aliphatic heterocycles. The minimum Gasteiger partial charge on any atom is -0.381 e. The molecule has 0 bridgehead atoms. The number of nitrogens with two attached hydrogens (primary N) is 1. The van der Waals surface area contributed by atoms with Gasteiger partial charge in [-0.2, -0.15) is 0 Å². The summed E-state index contributed by atoms with van der Waals surface area (Å²) in [5.41, 5.74) is 5.76. The smallest absolute Gasteiger partial charge is 0.0598 e. The lowest BCUT2D eigenvalue weighted by Crippen LogP contribution is -2.45. The van der Waals surface area contributed by atoms with Gasteiger partial charge in [0.2, 0.25) is 0 Å². The van der Waals surface area contributed by atoms with Gasteiger partial charge < -0.3 is 15.4 Å². The molecule has 2 rings (SSSR count). The number of likely N-dealkylation sites (tertiary alicyclic amines) is 1. The lowest BCUT2D eigenvalue weighted by molar-refractivity contribution is 0.00748. The van der Waals surface area contributed by atoms with E-state index in [0.29, 0.717) is 12.1 Å². The Morgan fingerprint density at radius 1 is 1.11 bits per heavy atom. The average Bonchev–Trinajstić information content (AvgIpc) is 2.42. The number of hydrogen-bond donors (Lipinski definition) is 1. The first kappa shape index (κ1) is 14.3. The third-order valence-electron chi connectivity index (χ3n) is 5.09. The number of rotatable bonds is 4. The van der Waals surface area contributed by atoms with Crippen LogP contribution >= 0.6 is 0 Å². The Bertz CT molecular complexity index is 239. The second kappa shape index (κ2) is 6.88. The van der Waals surface area contributed by atoms with Crippen molar-refractivity contribution in [3.8, 4) is 0 Å². The number of hydrogen-bond acceptors (Lipinski definition) is 3. The van der Waals surface area contributed by atoms with Crippen LogP contribution in [-0.2, 0) is 4.74 Å². The molecule has 2 N–H and O–H groups in total. The van der Waals surface area contributed by atoms with Gasteiger partial charge in [0.1, 0.15) is 0 Å². The molecule has 2 unspecified atom stereocenters. The molecule has 1 saturated heterocycles. The van der Waals surface area contributed by atoms with Crippen LogP contribution in [0.15, 0.2) is 0 Å². The van der Waals surface area contributed by atoms with Gasteiger partial charge in [-0.25, -0.2) is 0 Å². The zero-order valence-electron chi connectivity index (χ0n) is 12.1. The molecule has 2 aliphatic rings. The Hall–Kier alpha value is -0.120. The van der Waals surface area contributed by atoms with Crippen LogP contribution in [0, 0.1) is 11.8 Å². The number of piperidine rings is 1. The molecular weight excluding hydrogens is 224 g/mol. The van der Waals surface area contributed by atoms with Gasteiger partial charge in [0.15, 0.2) is 0 Å². The van der Waals surface area contributed by atoms with Crippen molar-refractivity contribution in [2.45, 2.75) is 57.6 Å². The average molecular weight is 254 g/mol. The van der Waals surface area contributed by atoms with E-state index >= 15 is 0 Å². The van der Waals surface area contributed by atoms with Crippen LogP contribution in [0.2, 0.25) is 0 Å². The zero-order chi connectivity index (χ0) is 13.0. The first-order valence-electron chi connectivity index (χ1n) is 7.69. The van der Waals surface area contributed by atoms with Crippen molar-refractivity contribution in [2.24, 2.45) is 17.6 Å². The van der Waals surface area contributed by atoms with Crippen LogP contribution < -0.4 is 5.73 Å². The summed E-state index contributed by atoms with van der Waals surface area (Å²) in [7, 11) is 1.85. The molecule has 0 aromatic carbocycles. The maximum absolute atomic E-state index is 5.76. The molecule has 18 heavy (non-hydrogen) atoms. The van der Waals surface area contributed by atoms with Crippen LogP contribution in [0.1, 0.15) is 45.4 Å². The quantitative estimate of drug-likeness (QED) is 0.836. The lowest BCUT2D eigenvalue weighted by Gasteiger charge is -2.40. The number of ether oxygens (including phenoxy) is 1. The zero-order valence-corrected chi connectivity index (χ0v) is 12.1. The summed E-state index contributed by atoms with van der Waals surface area (Å²) < 4.78 is 5.49. The minimum atomic E-state index is 0.490. The molecule has 1 saturated carbocycles. The van der Waals surface area contributed by atoms with E-state index < -0.39 is 0 Å². The lowest BCUT2D eigenvalue weighted by atomic mass is 9.81. The summed E-state index contributed by atoms with van der Waals surface area (Å²) in [5, 5.41) is 0. The van der Waals surface area contributed by atoms with Gasteiger partial charge in [-0.05, 0) is 63.8 Å². The third kappa shape index (κ3) is 3.69. The Labute approximate surface area is 112 Å². The largest absolute Gasteiger partial charge is 0.381 e. The number of methoxy groups -OCH3 is 1. The monoisotopic (exact) mass is 254 g/mol. The molecule has 3 heteroatoms. The SMILES string of the molecule is COC1CCN(CC2CCC(CN)CC2)C(C)C1. The van der Waals surface area contributed by atoms with Gasteiger partial charge in [0.05, 0.1) is 6.10 Å². The van der Waals surface area contributed by atoms with E-state index in [2.05, 4.69) is 11.8 Å². The first-order valence-corrected chi connectivity index (χ1v) is 7.69. The first-order chi connectivity index (χ1) is 8.72. The van der Waals surface area contributed by atoms with Crippen molar-refractivity contribution in [3.05, 3.63) is 0 Å². The summed E-state index contributed by atoms with van der Waals surface area (Å²) in [6, 6.07) is 0.691. The molecule has 106 valence electrons. The Balaban J connectivity index is 1.73. The highest BCUT2D eigenvalue weighted by Gasteiger charge is 2.28. The maximum atomic E-state index is 5.76.